The van der Waals surface area contributed by atoms with Gasteiger partial charge in [-0.05, 0) is 61.4 Å². The van der Waals surface area contributed by atoms with Crippen molar-refractivity contribution >= 4 is 40.3 Å². The molecule has 0 unspecified atom stereocenters. The van der Waals surface area contributed by atoms with Crippen LogP contribution >= 0.6 is 11.6 Å². The van der Waals surface area contributed by atoms with Crippen molar-refractivity contribution in [3.05, 3.63) is 75.1 Å². The van der Waals surface area contributed by atoms with Gasteiger partial charge >= 0.3 is 5.69 Å². The monoisotopic (exact) mass is 369 g/mol. The molecule has 1 aromatic heterocycles. The normalized spacial score (nSPS) is 10.4. The Hall–Kier alpha value is -3.19. The minimum atomic E-state index is -0.511. The van der Waals surface area contributed by atoms with Crippen LogP contribution in [0.1, 0.15) is 11.1 Å². The van der Waals surface area contributed by atoms with E-state index in [1.165, 1.54) is 6.33 Å². The molecule has 3 aromatic rings. The van der Waals surface area contributed by atoms with Crippen LogP contribution in [0.2, 0.25) is 5.02 Å². The summed E-state index contributed by atoms with van der Waals surface area (Å²) in [6.07, 6.45) is 1.27. The number of aryl methyl sites for hydroxylation is 2. The molecule has 2 aromatic carbocycles. The Labute approximate surface area is 155 Å². The topological polar surface area (TPSA) is 93.0 Å². The Morgan fingerprint density at radius 1 is 0.923 bits per heavy atom. The first-order chi connectivity index (χ1) is 12.4. The van der Waals surface area contributed by atoms with Gasteiger partial charge in [0.15, 0.2) is 0 Å². The first kappa shape index (κ1) is 17.6. The number of hydrogen-bond acceptors (Lipinski definition) is 6. The summed E-state index contributed by atoms with van der Waals surface area (Å²) in [7, 11) is 0. The van der Waals surface area contributed by atoms with Gasteiger partial charge in [0.05, 0.1) is 4.92 Å². The third kappa shape index (κ3) is 4.07. The van der Waals surface area contributed by atoms with Gasteiger partial charge in [-0.2, -0.15) is 0 Å². The van der Waals surface area contributed by atoms with E-state index in [1.807, 2.05) is 32.0 Å². The van der Waals surface area contributed by atoms with Gasteiger partial charge in [0.1, 0.15) is 6.33 Å². The van der Waals surface area contributed by atoms with Gasteiger partial charge in [0, 0.05) is 16.4 Å². The van der Waals surface area contributed by atoms with Crippen molar-refractivity contribution < 1.29 is 4.92 Å². The molecule has 0 aliphatic rings. The number of anilines is 4. The molecule has 2 N–H and O–H groups in total. The van der Waals surface area contributed by atoms with Crippen molar-refractivity contribution in [2.45, 2.75) is 13.8 Å². The number of aromatic nitrogens is 2. The number of nitro groups is 1. The van der Waals surface area contributed by atoms with Crippen LogP contribution in [-0.2, 0) is 0 Å². The lowest BCUT2D eigenvalue weighted by Crippen LogP contribution is -2.05. The van der Waals surface area contributed by atoms with Gasteiger partial charge in [-0.25, -0.2) is 9.97 Å². The number of halogens is 1. The van der Waals surface area contributed by atoms with Crippen LogP contribution < -0.4 is 10.6 Å². The smallest absolute Gasteiger partial charge is 0.334 e. The highest BCUT2D eigenvalue weighted by atomic mass is 35.5. The predicted octanol–water partition coefficient (Wildman–Crippen LogP) is 5.14. The molecule has 0 saturated heterocycles. The van der Waals surface area contributed by atoms with Crippen LogP contribution in [0, 0.1) is 24.0 Å². The lowest BCUT2D eigenvalue weighted by Gasteiger charge is -2.11. The molecule has 132 valence electrons. The summed E-state index contributed by atoms with van der Waals surface area (Å²) in [6, 6.07) is 12.6. The standard InChI is InChI=1S/C18H16ClN5O2/c1-11-7-12(2)9-15(8-11)23-18-16(24(25)26)17(20-10-21-18)22-14-5-3-13(19)4-6-14/h3-10H,1-2H3,(H2,20,21,22,23). The van der Waals surface area contributed by atoms with E-state index in [-0.39, 0.29) is 17.3 Å². The van der Waals surface area contributed by atoms with Crippen LogP contribution in [0.25, 0.3) is 0 Å². The minimum Gasteiger partial charge on any atom is -0.334 e. The van der Waals surface area contributed by atoms with E-state index in [0.29, 0.717) is 10.7 Å². The molecule has 0 aliphatic carbocycles. The molecule has 7 nitrogen and oxygen atoms in total. The van der Waals surface area contributed by atoms with Crippen LogP contribution in [0.4, 0.5) is 28.7 Å². The summed E-state index contributed by atoms with van der Waals surface area (Å²) < 4.78 is 0. The fraction of sp³-hybridized carbons (Fsp3) is 0.111. The summed E-state index contributed by atoms with van der Waals surface area (Å²) in [4.78, 5) is 19.2. The molecule has 0 atom stereocenters. The maximum Gasteiger partial charge on any atom is 0.353 e. The second kappa shape index (κ2) is 7.37. The Morgan fingerprint density at radius 3 is 2.00 bits per heavy atom. The molecule has 3 rings (SSSR count). The highest BCUT2D eigenvalue weighted by Crippen LogP contribution is 2.33. The number of nitrogens with one attached hydrogen (secondary N) is 2. The zero-order valence-electron chi connectivity index (χ0n) is 14.2. The molecule has 0 bridgehead atoms. The second-order valence-electron chi connectivity index (χ2n) is 5.81. The summed E-state index contributed by atoms with van der Waals surface area (Å²) >= 11 is 5.87. The molecule has 26 heavy (non-hydrogen) atoms. The largest absolute Gasteiger partial charge is 0.353 e. The molecule has 0 saturated carbocycles. The predicted molar refractivity (Wildman–Crippen MR) is 103 cm³/mol. The summed E-state index contributed by atoms with van der Waals surface area (Å²) in [5, 5.41) is 18.2. The number of rotatable bonds is 5. The van der Waals surface area contributed by atoms with E-state index >= 15 is 0 Å². The highest BCUT2D eigenvalue weighted by molar-refractivity contribution is 6.30. The van der Waals surface area contributed by atoms with Crippen LogP contribution in [-0.4, -0.2) is 14.9 Å². The average molecular weight is 370 g/mol. The Bertz CT molecular complexity index is 940. The molecule has 0 radical (unpaired) electrons. The van der Waals surface area contributed by atoms with Gasteiger partial charge in [0.2, 0.25) is 11.6 Å². The molecule has 8 heteroatoms. The first-order valence-corrected chi connectivity index (χ1v) is 8.17. The van der Waals surface area contributed by atoms with Gasteiger partial charge in [-0.15, -0.1) is 0 Å². The molecule has 1 heterocycles. The number of benzene rings is 2. The number of hydrogen-bond donors (Lipinski definition) is 2. The molecular weight excluding hydrogens is 354 g/mol. The molecule has 0 amide bonds. The van der Waals surface area contributed by atoms with Gasteiger partial charge < -0.3 is 10.6 Å². The van der Waals surface area contributed by atoms with Crippen molar-refractivity contribution in [3.63, 3.8) is 0 Å². The third-order valence-corrected chi connectivity index (χ3v) is 3.85. The number of nitrogens with zero attached hydrogens (tertiary/aromatic N) is 3. The molecular formula is C18H16ClN5O2. The van der Waals surface area contributed by atoms with E-state index in [2.05, 4.69) is 20.6 Å². The molecule has 0 fully saturated rings. The fourth-order valence-corrected chi connectivity index (χ4v) is 2.71. The summed E-state index contributed by atoms with van der Waals surface area (Å²) in [6.45, 7) is 3.92. The lowest BCUT2D eigenvalue weighted by molar-refractivity contribution is -0.383. The lowest BCUT2D eigenvalue weighted by atomic mass is 10.1. The van der Waals surface area contributed by atoms with E-state index in [0.717, 1.165) is 16.8 Å². The van der Waals surface area contributed by atoms with Crippen molar-refractivity contribution in [2.24, 2.45) is 0 Å². The van der Waals surface area contributed by atoms with Crippen molar-refractivity contribution in [1.82, 2.24) is 9.97 Å². The molecule has 0 spiro atoms. The molecule has 0 aliphatic heterocycles. The maximum absolute atomic E-state index is 11.6. The Balaban J connectivity index is 1.98. The Morgan fingerprint density at radius 2 is 1.46 bits per heavy atom. The Kier molecular flexibility index (Phi) is 4.99. The van der Waals surface area contributed by atoms with Gasteiger partial charge in [0.25, 0.3) is 0 Å². The van der Waals surface area contributed by atoms with E-state index in [9.17, 15) is 10.1 Å². The first-order valence-electron chi connectivity index (χ1n) is 7.79. The minimum absolute atomic E-state index is 0.0965. The van der Waals surface area contributed by atoms with E-state index in [1.54, 1.807) is 24.3 Å². The van der Waals surface area contributed by atoms with Crippen molar-refractivity contribution in [3.8, 4) is 0 Å². The zero-order valence-corrected chi connectivity index (χ0v) is 14.9. The van der Waals surface area contributed by atoms with Gasteiger partial charge in [-0.3, -0.25) is 10.1 Å². The van der Waals surface area contributed by atoms with Crippen molar-refractivity contribution in [2.75, 3.05) is 10.6 Å². The van der Waals surface area contributed by atoms with Crippen LogP contribution in [0.5, 0.6) is 0 Å². The maximum atomic E-state index is 11.6. The summed E-state index contributed by atoms with van der Waals surface area (Å²) in [5.74, 6) is 0.214. The van der Waals surface area contributed by atoms with E-state index < -0.39 is 4.92 Å². The van der Waals surface area contributed by atoms with Gasteiger partial charge in [-0.1, -0.05) is 17.7 Å². The average Bonchev–Trinajstić information content (AvgIpc) is 2.56. The van der Waals surface area contributed by atoms with Crippen LogP contribution in [0.15, 0.2) is 48.8 Å². The van der Waals surface area contributed by atoms with Crippen LogP contribution in [0.3, 0.4) is 0 Å². The summed E-state index contributed by atoms with van der Waals surface area (Å²) in [5.41, 5.74) is 3.21. The quantitative estimate of drug-likeness (QED) is 0.477. The highest BCUT2D eigenvalue weighted by Gasteiger charge is 2.23. The second-order valence-corrected chi connectivity index (χ2v) is 6.25. The SMILES string of the molecule is Cc1cc(C)cc(Nc2ncnc(Nc3ccc(Cl)cc3)c2[N+](=O)[O-])c1. The zero-order chi connectivity index (χ0) is 18.7. The third-order valence-electron chi connectivity index (χ3n) is 3.60. The van der Waals surface area contributed by atoms with E-state index in [4.69, 9.17) is 11.6 Å². The van der Waals surface area contributed by atoms with Crippen molar-refractivity contribution in [1.29, 1.82) is 0 Å². The fourth-order valence-electron chi connectivity index (χ4n) is 2.59.